The summed E-state index contributed by atoms with van der Waals surface area (Å²) >= 11 is 0. The molecule has 0 spiro atoms. The van der Waals surface area contributed by atoms with Gasteiger partial charge in [0.05, 0.1) is 0 Å². The number of ether oxygens (including phenoxy) is 2. The molecule has 1 aliphatic rings. The van der Waals surface area contributed by atoms with E-state index in [-0.39, 0.29) is 11.7 Å². The van der Waals surface area contributed by atoms with Crippen LogP contribution < -0.4 is 10.1 Å². The number of aliphatic hydroxyl groups excluding tert-OH is 3. The molecule has 0 unspecified atom stereocenters. The molecular weight excluding hydrogens is 310 g/mol. The van der Waals surface area contributed by atoms with Crippen molar-refractivity contribution in [1.82, 2.24) is 0 Å². The van der Waals surface area contributed by atoms with Crippen LogP contribution in [0.4, 0.5) is 5.69 Å². The van der Waals surface area contributed by atoms with Gasteiger partial charge in [-0.05, 0) is 12.1 Å². The van der Waals surface area contributed by atoms with Crippen molar-refractivity contribution < 1.29 is 39.5 Å². The smallest absolute Gasteiger partial charge is 0.335 e. The molecule has 9 heteroatoms. The van der Waals surface area contributed by atoms with Gasteiger partial charge in [0.2, 0.25) is 12.2 Å². The van der Waals surface area contributed by atoms with Crippen molar-refractivity contribution in [3.05, 3.63) is 24.3 Å². The SMILES string of the molecule is CC(=O)Nc1cccc(O[C@@H]2O[C@H](C(=O)O)[C@@H](O)[C@H](O)[C@H]2O)c1. The molecule has 9 nitrogen and oxygen atoms in total. The van der Waals surface area contributed by atoms with Crippen LogP contribution >= 0.6 is 0 Å². The Morgan fingerprint density at radius 3 is 2.48 bits per heavy atom. The van der Waals surface area contributed by atoms with Gasteiger partial charge in [-0.15, -0.1) is 0 Å². The fraction of sp³-hybridized carbons (Fsp3) is 0.429. The summed E-state index contributed by atoms with van der Waals surface area (Å²) in [7, 11) is 0. The summed E-state index contributed by atoms with van der Waals surface area (Å²) in [5.41, 5.74) is 0.427. The normalized spacial score (nSPS) is 30.5. The molecule has 1 aromatic carbocycles. The average molecular weight is 327 g/mol. The second-order valence-corrected chi connectivity index (χ2v) is 5.06. The van der Waals surface area contributed by atoms with Crippen molar-refractivity contribution in [3.63, 3.8) is 0 Å². The van der Waals surface area contributed by atoms with Crippen molar-refractivity contribution >= 4 is 17.6 Å². The quantitative estimate of drug-likeness (QED) is 0.469. The highest BCUT2D eigenvalue weighted by atomic mass is 16.7. The highest BCUT2D eigenvalue weighted by Gasteiger charge is 2.48. The summed E-state index contributed by atoms with van der Waals surface area (Å²) in [6.45, 7) is 1.33. The van der Waals surface area contributed by atoms with Crippen LogP contribution in [0.15, 0.2) is 24.3 Å². The van der Waals surface area contributed by atoms with Crippen LogP contribution in [0, 0.1) is 0 Å². The van der Waals surface area contributed by atoms with Gasteiger partial charge in [-0.25, -0.2) is 4.79 Å². The second kappa shape index (κ2) is 6.92. The lowest BCUT2D eigenvalue weighted by Crippen LogP contribution is -2.61. The predicted octanol–water partition coefficient (Wildman–Crippen LogP) is -1.08. The first-order valence-electron chi connectivity index (χ1n) is 6.76. The first-order chi connectivity index (χ1) is 10.8. The Hall–Kier alpha value is -2.20. The summed E-state index contributed by atoms with van der Waals surface area (Å²) in [4.78, 5) is 22.0. The minimum Gasteiger partial charge on any atom is -0.479 e. The highest BCUT2D eigenvalue weighted by Crippen LogP contribution is 2.26. The standard InChI is InChI=1S/C14H17NO8/c1-6(16)15-7-3-2-4-8(5-7)22-14-11(19)9(17)10(18)12(23-14)13(20)21/h2-5,9-12,14,17-19H,1H3,(H,15,16)(H,20,21)/t9-,10-,11+,12-,14+/m0/s1. The van der Waals surface area contributed by atoms with Gasteiger partial charge in [0.25, 0.3) is 0 Å². The third-order valence-corrected chi connectivity index (χ3v) is 3.22. The molecule has 1 heterocycles. The zero-order valence-electron chi connectivity index (χ0n) is 12.1. The largest absolute Gasteiger partial charge is 0.479 e. The van der Waals surface area contributed by atoms with Crippen molar-refractivity contribution in [1.29, 1.82) is 0 Å². The Morgan fingerprint density at radius 2 is 1.87 bits per heavy atom. The number of carbonyl (C=O) groups excluding carboxylic acids is 1. The maximum atomic E-state index is 11.0. The van der Waals surface area contributed by atoms with Crippen LogP contribution in [0.5, 0.6) is 5.75 Å². The molecule has 1 aromatic rings. The van der Waals surface area contributed by atoms with Gasteiger partial charge in [0.1, 0.15) is 24.1 Å². The van der Waals surface area contributed by atoms with Gasteiger partial charge in [-0.3, -0.25) is 4.79 Å². The molecule has 2 rings (SSSR count). The molecular formula is C14H17NO8. The van der Waals surface area contributed by atoms with E-state index < -0.39 is 36.7 Å². The van der Waals surface area contributed by atoms with Crippen LogP contribution in [-0.4, -0.2) is 63.0 Å². The number of nitrogens with one attached hydrogen (secondary N) is 1. The van der Waals surface area contributed by atoms with E-state index in [1.165, 1.54) is 19.1 Å². The van der Waals surface area contributed by atoms with Gasteiger partial charge in [-0.2, -0.15) is 0 Å². The van der Waals surface area contributed by atoms with E-state index >= 15 is 0 Å². The van der Waals surface area contributed by atoms with Gasteiger partial charge in [0, 0.05) is 18.7 Å². The lowest BCUT2D eigenvalue weighted by atomic mass is 9.99. The molecule has 5 atom stereocenters. The zero-order valence-corrected chi connectivity index (χ0v) is 12.1. The van der Waals surface area contributed by atoms with Crippen molar-refractivity contribution in [2.24, 2.45) is 0 Å². The molecule has 0 bridgehead atoms. The molecule has 0 aromatic heterocycles. The van der Waals surface area contributed by atoms with Gasteiger partial charge >= 0.3 is 5.97 Å². The number of amides is 1. The van der Waals surface area contributed by atoms with E-state index in [0.29, 0.717) is 5.69 Å². The van der Waals surface area contributed by atoms with E-state index in [1.54, 1.807) is 12.1 Å². The number of carbonyl (C=O) groups is 2. The van der Waals surface area contributed by atoms with Crippen LogP contribution in [0.1, 0.15) is 6.92 Å². The van der Waals surface area contributed by atoms with E-state index in [1.807, 2.05) is 0 Å². The van der Waals surface area contributed by atoms with Gasteiger partial charge in [-0.1, -0.05) is 6.07 Å². The molecule has 5 N–H and O–H groups in total. The monoisotopic (exact) mass is 327 g/mol. The van der Waals surface area contributed by atoms with E-state index in [9.17, 15) is 24.9 Å². The Bertz CT molecular complexity index is 592. The summed E-state index contributed by atoms with van der Waals surface area (Å²) < 4.78 is 10.3. The number of hydrogen-bond acceptors (Lipinski definition) is 7. The van der Waals surface area contributed by atoms with Crippen molar-refractivity contribution in [2.75, 3.05) is 5.32 Å². The van der Waals surface area contributed by atoms with Crippen molar-refractivity contribution in [2.45, 2.75) is 37.6 Å². The van der Waals surface area contributed by atoms with E-state index in [4.69, 9.17) is 14.6 Å². The third-order valence-electron chi connectivity index (χ3n) is 3.22. The number of aliphatic carboxylic acids is 1. The first kappa shape index (κ1) is 17.2. The summed E-state index contributed by atoms with van der Waals surface area (Å²) in [6, 6.07) is 6.10. The van der Waals surface area contributed by atoms with Crippen molar-refractivity contribution in [3.8, 4) is 5.75 Å². The molecule has 1 amide bonds. The molecule has 1 fully saturated rings. The number of carboxylic acid groups (broad SMARTS) is 1. The molecule has 0 saturated carbocycles. The van der Waals surface area contributed by atoms with Gasteiger partial charge in [0.15, 0.2) is 6.10 Å². The summed E-state index contributed by atoms with van der Waals surface area (Å²) in [5.74, 6) is -1.61. The average Bonchev–Trinajstić information content (AvgIpc) is 2.47. The van der Waals surface area contributed by atoms with Crippen LogP contribution in [0.2, 0.25) is 0 Å². The number of benzene rings is 1. The molecule has 126 valence electrons. The number of rotatable bonds is 4. The number of aliphatic hydroxyl groups is 3. The van der Waals surface area contributed by atoms with Crippen LogP contribution in [-0.2, 0) is 14.3 Å². The molecule has 0 radical (unpaired) electrons. The molecule has 1 aliphatic heterocycles. The molecule has 0 aliphatic carbocycles. The Morgan fingerprint density at radius 1 is 1.17 bits per heavy atom. The first-order valence-corrected chi connectivity index (χ1v) is 6.76. The maximum Gasteiger partial charge on any atom is 0.335 e. The highest BCUT2D eigenvalue weighted by molar-refractivity contribution is 5.88. The maximum absolute atomic E-state index is 11.0. The Labute approximate surface area is 131 Å². The number of carboxylic acids is 1. The van der Waals surface area contributed by atoms with Crippen LogP contribution in [0.3, 0.4) is 0 Å². The molecule has 23 heavy (non-hydrogen) atoms. The zero-order chi connectivity index (χ0) is 17.1. The third kappa shape index (κ3) is 3.96. The fourth-order valence-electron chi connectivity index (χ4n) is 2.13. The minimum absolute atomic E-state index is 0.174. The lowest BCUT2D eigenvalue weighted by Gasteiger charge is -2.38. The number of hydrogen-bond donors (Lipinski definition) is 5. The number of anilines is 1. The van der Waals surface area contributed by atoms with Crippen LogP contribution in [0.25, 0.3) is 0 Å². The van der Waals surface area contributed by atoms with E-state index in [2.05, 4.69) is 5.32 Å². The fourth-order valence-corrected chi connectivity index (χ4v) is 2.13. The Balaban J connectivity index is 2.14. The lowest BCUT2D eigenvalue weighted by molar-refractivity contribution is -0.271. The van der Waals surface area contributed by atoms with Gasteiger partial charge < -0.3 is 35.2 Å². The minimum atomic E-state index is -1.78. The topological polar surface area (TPSA) is 146 Å². The predicted molar refractivity (Wildman–Crippen MR) is 75.7 cm³/mol. The second-order valence-electron chi connectivity index (χ2n) is 5.06. The molecule has 1 saturated heterocycles. The van der Waals surface area contributed by atoms with E-state index in [0.717, 1.165) is 0 Å². The summed E-state index contributed by atoms with van der Waals surface area (Å²) in [5, 5.41) is 40.6. The summed E-state index contributed by atoms with van der Waals surface area (Å²) in [6.07, 6.45) is -8.41. The Kier molecular flexibility index (Phi) is 5.16.